The van der Waals surface area contributed by atoms with E-state index in [2.05, 4.69) is 38.2 Å². The van der Waals surface area contributed by atoms with Gasteiger partial charge in [0.1, 0.15) is 12.6 Å². The fourth-order valence-corrected chi connectivity index (χ4v) is 7.81. The van der Waals surface area contributed by atoms with Crippen LogP contribution in [-0.2, 0) is 28.6 Å². The molecule has 0 aromatic heterocycles. The third-order valence-corrected chi connectivity index (χ3v) is 11.8. The second kappa shape index (κ2) is 44.4. The number of esters is 2. The monoisotopic (exact) mass is 862 g/mol. The van der Waals surface area contributed by atoms with Gasteiger partial charge in [0.15, 0.2) is 6.10 Å². The highest BCUT2D eigenvalue weighted by Gasteiger charge is 2.25. The number of hydrogen-bond acceptors (Lipinski definition) is 7. The number of ether oxygens (including phenoxy) is 3. The highest BCUT2D eigenvalue weighted by atomic mass is 16.6. The Morgan fingerprint density at radius 2 is 0.869 bits per heavy atom. The second-order valence-corrected chi connectivity index (χ2v) is 18.8. The third-order valence-electron chi connectivity index (χ3n) is 11.8. The third kappa shape index (κ3) is 42.9. The van der Waals surface area contributed by atoms with E-state index < -0.39 is 18.1 Å². The van der Waals surface area contributed by atoms with Gasteiger partial charge >= 0.3 is 11.9 Å². The molecule has 0 saturated heterocycles. The molecule has 0 saturated carbocycles. The number of likely N-dealkylation sites (N-methyl/N-ethyl adjacent to an activating group) is 1. The van der Waals surface area contributed by atoms with Crippen molar-refractivity contribution in [2.24, 2.45) is 0 Å². The number of aliphatic carboxylic acids is 1. The van der Waals surface area contributed by atoms with Crippen LogP contribution in [-0.4, -0.2) is 75.5 Å². The zero-order valence-corrected chi connectivity index (χ0v) is 40.8. The van der Waals surface area contributed by atoms with Crippen LogP contribution in [0, 0.1) is 0 Å². The molecule has 0 radical (unpaired) electrons. The van der Waals surface area contributed by atoms with E-state index in [9.17, 15) is 19.5 Å². The van der Waals surface area contributed by atoms with Crippen LogP contribution in [0.2, 0.25) is 0 Å². The summed E-state index contributed by atoms with van der Waals surface area (Å²) in [4.78, 5) is 37.0. The van der Waals surface area contributed by atoms with Gasteiger partial charge in [0.25, 0.3) is 0 Å². The molecule has 0 fully saturated rings. The normalized spacial score (nSPS) is 13.0. The number of rotatable bonds is 47. The van der Waals surface area contributed by atoms with Crippen molar-refractivity contribution in [2.45, 2.75) is 257 Å². The quantitative estimate of drug-likeness (QED) is 0.0260. The number of carboxylic acid groups (broad SMARTS) is 1. The number of allylic oxidation sites excluding steroid dienone is 4. The van der Waals surface area contributed by atoms with E-state index in [1.807, 2.05) is 0 Å². The Balaban J connectivity index is 4.19. The molecule has 2 unspecified atom stereocenters. The van der Waals surface area contributed by atoms with E-state index in [-0.39, 0.29) is 42.7 Å². The molecule has 0 aliphatic heterocycles. The molecule has 0 aromatic carbocycles. The van der Waals surface area contributed by atoms with Gasteiger partial charge in [0, 0.05) is 19.3 Å². The number of carbonyl (C=O) groups excluding carboxylic acids is 3. The molecule has 2 atom stereocenters. The van der Waals surface area contributed by atoms with E-state index in [0.717, 1.165) is 51.4 Å². The average Bonchev–Trinajstić information content (AvgIpc) is 3.22. The van der Waals surface area contributed by atoms with Crippen molar-refractivity contribution in [3.63, 3.8) is 0 Å². The Morgan fingerprint density at radius 1 is 0.492 bits per heavy atom. The van der Waals surface area contributed by atoms with Gasteiger partial charge < -0.3 is 28.6 Å². The fourth-order valence-electron chi connectivity index (χ4n) is 7.81. The van der Waals surface area contributed by atoms with Crippen LogP contribution in [0.4, 0.5) is 0 Å². The van der Waals surface area contributed by atoms with Crippen LogP contribution < -0.4 is 5.11 Å². The maximum atomic E-state index is 12.8. The topological polar surface area (TPSA) is 102 Å². The summed E-state index contributed by atoms with van der Waals surface area (Å²) in [6.07, 6.45) is 50.6. The van der Waals surface area contributed by atoms with Crippen LogP contribution in [0.15, 0.2) is 24.3 Å². The number of carboxylic acids is 1. The standard InChI is InChI=1S/C53H99NO7/c1-6-8-10-12-14-16-18-20-22-23-24-25-26-27-28-29-30-32-33-35-37-39-41-43-51(55)60-48-49(47-59-46-45-50(53(57)58)54(3,4)5)61-52(56)44-42-40-38-36-34-31-21-19-17-15-13-11-9-7-2/h24-25,27-28,49-50H,6-23,26,29-48H2,1-5H3/b25-24+,28-27+. The lowest BCUT2D eigenvalue weighted by Crippen LogP contribution is -2.55. The predicted octanol–water partition coefficient (Wildman–Crippen LogP) is 13.5. The molecule has 8 nitrogen and oxygen atoms in total. The smallest absolute Gasteiger partial charge is 0.306 e. The van der Waals surface area contributed by atoms with Crippen molar-refractivity contribution in [1.29, 1.82) is 0 Å². The molecule has 0 aliphatic carbocycles. The van der Waals surface area contributed by atoms with Gasteiger partial charge in [-0.2, -0.15) is 0 Å². The zero-order chi connectivity index (χ0) is 44.9. The summed E-state index contributed by atoms with van der Waals surface area (Å²) in [6, 6.07) is -0.724. The first-order valence-electron chi connectivity index (χ1n) is 25.9. The summed E-state index contributed by atoms with van der Waals surface area (Å²) < 4.78 is 17.2. The van der Waals surface area contributed by atoms with Gasteiger partial charge in [-0.05, 0) is 44.9 Å². The number of nitrogens with zero attached hydrogens (tertiary/aromatic N) is 1. The molecule has 0 spiro atoms. The first-order valence-corrected chi connectivity index (χ1v) is 25.9. The Kier molecular flexibility index (Phi) is 42.8. The van der Waals surface area contributed by atoms with Gasteiger partial charge in [0.2, 0.25) is 0 Å². The molecular weight excluding hydrogens is 763 g/mol. The average molecular weight is 862 g/mol. The van der Waals surface area contributed by atoms with Crippen molar-refractivity contribution < 1.29 is 38.2 Å². The minimum absolute atomic E-state index is 0.0426. The number of hydrogen-bond donors (Lipinski definition) is 0. The van der Waals surface area contributed by atoms with E-state index in [1.165, 1.54) is 161 Å². The zero-order valence-electron chi connectivity index (χ0n) is 40.8. The van der Waals surface area contributed by atoms with Gasteiger partial charge in [-0.25, -0.2) is 0 Å². The molecule has 0 heterocycles. The molecule has 0 aromatic rings. The molecular formula is C53H99NO7. The second-order valence-electron chi connectivity index (χ2n) is 18.8. The lowest BCUT2D eigenvalue weighted by Gasteiger charge is -2.34. The van der Waals surface area contributed by atoms with E-state index >= 15 is 0 Å². The molecule has 0 N–H and O–H groups in total. The van der Waals surface area contributed by atoms with Crippen molar-refractivity contribution in [1.82, 2.24) is 0 Å². The summed E-state index contributed by atoms with van der Waals surface area (Å²) in [7, 11) is 5.42. The summed E-state index contributed by atoms with van der Waals surface area (Å²) >= 11 is 0. The minimum Gasteiger partial charge on any atom is -0.544 e. The van der Waals surface area contributed by atoms with Crippen LogP contribution in [0.3, 0.4) is 0 Å². The predicted molar refractivity (Wildman–Crippen MR) is 254 cm³/mol. The first kappa shape index (κ1) is 58.8. The lowest BCUT2D eigenvalue weighted by molar-refractivity contribution is -0.889. The van der Waals surface area contributed by atoms with E-state index in [0.29, 0.717) is 12.8 Å². The lowest BCUT2D eigenvalue weighted by atomic mass is 10.0. The minimum atomic E-state index is -1.12. The van der Waals surface area contributed by atoms with Gasteiger partial charge in [-0.1, -0.05) is 205 Å². The van der Waals surface area contributed by atoms with Crippen LogP contribution >= 0.6 is 0 Å². The van der Waals surface area contributed by atoms with Crippen molar-refractivity contribution >= 4 is 17.9 Å². The van der Waals surface area contributed by atoms with Crippen LogP contribution in [0.1, 0.15) is 245 Å². The highest BCUT2D eigenvalue weighted by Crippen LogP contribution is 2.16. The van der Waals surface area contributed by atoms with Crippen molar-refractivity contribution in [2.75, 3.05) is 41.0 Å². The van der Waals surface area contributed by atoms with Gasteiger partial charge in [0.05, 0.1) is 40.3 Å². The van der Waals surface area contributed by atoms with Crippen LogP contribution in [0.25, 0.3) is 0 Å². The van der Waals surface area contributed by atoms with Crippen LogP contribution in [0.5, 0.6) is 0 Å². The maximum Gasteiger partial charge on any atom is 0.306 e. The fraction of sp³-hybridized carbons (Fsp3) is 0.868. The number of carbonyl (C=O) groups is 3. The molecule has 61 heavy (non-hydrogen) atoms. The van der Waals surface area contributed by atoms with Gasteiger partial charge in [-0.15, -0.1) is 0 Å². The van der Waals surface area contributed by atoms with Crippen molar-refractivity contribution in [3.8, 4) is 0 Å². The Bertz CT molecular complexity index is 1050. The summed E-state index contributed by atoms with van der Waals surface area (Å²) in [5.41, 5.74) is 0. The Labute approximate surface area is 377 Å². The van der Waals surface area contributed by atoms with E-state index in [1.54, 1.807) is 21.1 Å². The molecule has 0 aliphatic rings. The summed E-state index contributed by atoms with van der Waals surface area (Å²) in [5.74, 6) is -1.73. The molecule has 0 amide bonds. The molecule has 0 rings (SSSR count). The van der Waals surface area contributed by atoms with E-state index in [4.69, 9.17) is 14.2 Å². The first-order chi connectivity index (χ1) is 29.6. The largest absolute Gasteiger partial charge is 0.544 e. The SMILES string of the molecule is CCCCCCCCCCC/C=C/C/C=C/CCCCCCCCCC(=O)OCC(COCCC(C(=O)[O-])[N+](C)(C)C)OC(=O)CCCCCCCCCCCCCCCC. The molecule has 0 bridgehead atoms. The summed E-state index contributed by atoms with van der Waals surface area (Å²) in [6.45, 7) is 4.69. The molecule has 8 heteroatoms. The number of quaternary nitrogens is 1. The number of unbranched alkanes of at least 4 members (excludes halogenated alkanes) is 29. The highest BCUT2D eigenvalue weighted by molar-refractivity contribution is 5.70. The molecule has 358 valence electrons. The van der Waals surface area contributed by atoms with Crippen molar-refractivity contribution in [3.05, 3.63) is 24.3 Å². The summed E-state index contributed by atoms with van der Waals surface area (Å²) in [5, 5.41) is 11.7. The Hall–Kier alpha value is -2.19. The maximum absolute atomic E-state index is 12.8. The Morgan fingerprint density at radius 3 is 1.26 bits per heavy atom. The van der Waals surface area contributed by atoms with Gasteiger partial charge in [-0.3, -0.25) is 9.59 Å².